The van der Waals surface area contributed by atoms with Gasteiger partial charge >= 0.3 is 5.97 Å². The Morgan fingerprint density at radius 3 is 2.81 bits per heavy atom. The smallest absolute Gasteiger partial charge is 0.347 e. The molecule has 0 radical (unpaired) electrons. The van der Waals surface area contributed by atoms with E-state index >= 15 is 0 Å². The van der Waals surface area contributed by atoms with Gasteiger partial charge in [-0.3, -0.25) is 0 Å². The van der Waals surface area contributed by atoms with Crippen LogP contribution in [0.3, 0.4) is 0 Å². The molecule has 2 rings (SSSR count). The third-order valence-corrected chi connectivity index (χ3v) is 3.36. The Morgan fingerprint density at radius 1 is 1.43 bits per heavy atom. The number of rotatable bonds is 8. The number of ether oxygens (including phenoxy) is 3. The lowest BCUT2D eigenvalue weighted by molar-refractivity contribution is -0.150. The lowest BCUT2D eigenvalue weighted by atomic mass is 10.2. The zero-order chi connectivity index (χ0) is 15.2. The molecule has 0 aromatic heterocycles. The van der Waals surface area contributed by atoms with Crippen molar-refractivity contribution in [3.63, 3.8) is 0 Å². The van der Waals surface area contributed by atoms with Gasteiger partial charge in [-0.05, 0) is 32.8 Å². The van der Waals surface area contributed by atoms with Gasteiger partial charge in [0.2, 0.25) is 0 Å². The molecule has 116 valence electrons. The summed E-state index contributed by atoms with van der Waals surface area (Å²) in [5, 5.41) is 3.44. The normalized spacial score (nSPS) is 15.4. The summed E-state index contributed by atoms with van der Waals surface area (Å²) in [7, 11) is 1.61. The predicted molar refractivity (Wildman–Crippen MR) is 79.6 cm³/mol. The molecule has 1 aromatic rings. The average Bonchev–Trinajstić information content (AvgIpc) is 3.30. The van der Waals surface area contributed by atoms with Gasteiger partial charge in [-0.2, -0.15) is 0 Å². The predicted octanol–water partition coefficient (Wildman–Crippen LogP) is 2.28. The number of nitrogens with one attached hydrogen (secondary N) is 1. The zero-order valence-electron chi connectivity index (χ0n) is 12.8. The van der Waals surface area contributed by atoms with Crippen molar-refractivity contribution in [2.75, 3.05) is 13.7 Å². The maximum absolute atomic E-state index is 11.7. The lowest BCUT2D eigenvalue weighted by Gasteiger charge is -2.17. The largest absolute Gasteiger partial charge is 0.497 e. The molecular weight excluding hydrogens is 270 g/mol. The maximum atomic E-state index is 11.7. The van der Waals surface area contributed by atoms with Crippen molar-refractivity contribution in [2.45, 2.75) is 45.4 Å². The van der Waals surface area contributed by atoms with Crippen molar-refractivity contribution < 1.29 is 19.0 Å². The summed E-state index contributed by atoms with van der Waals surface area (Å²) in [6.45, 7) is 4.54. The number of methoxy groups -OCH3 is 1. The Balaban J connectivity index is 2.07. The summed E-state index contributed by atoms with van der Waals surface area (Å²) in [5.74, 6) is 1.00. The lowest BCUT2D eigenvalue weighted by Crippen LogP contribution is -2.27. The van der Waals surface area contributed by atoms with Crippen LogP contribution in [0.25, 0.3) is 0 Å². The van der Waals surface area contributed by atoms with Gasteiger partial charge in [0.05, 0.1) is 13.7 Å². The molecule has 1 atom stereocenters. The fourth-order valence-corrected chi connectivity index (χ4v) is 1.96. The molecular formula is C16H23NO4. The third kappa shape index (κ3) is 4.63. The van der Waals surface area contributed by atoms with Crippen LogP contribution >= 0.6 is 0 Å². The van der Waals surface area contributed by atoms with E-state index in [1.807, 2.05) is 12.1 Å². The monoisotopic (exact) mass is 293 g/mol. The van der Waals surface area contributed by atoms with Gasteiger partial charge < -0.3 is 19.5 Å². The van der Waals surface area contributed by atoms with E-state index in [4.69, 9.17) is 14.2 Å². The molecule has 5 heteroatoms. The molecule has 0 amide bonds. The Bertz CT molecular complexity index is 485. The topological polar surface area (TPSA) is 56.8 Å². The van der Waals surface area contributed by atoms with E-state index in [1.54, 1.807) is 27.0 Å². The number of benzene rings is 1. The fraction of sp³-hybridized carbons (Fsp3) is 0.562. The summed E-state index contributed by atoms with van der Waals surface area (Å²) in [5.41, 5.74) is 1.01. The van der Waals surface area contributed by atoms with Crippen molar-refractivity contribution >= 4 is 5.97 Å². The SMILES string of the molecule is CCOC(=O)C(C)Oc1cc(OC)ccc1CNC1CC1. The molecule has 0 aliphatic heterocycles. The standard InChI is InChI=1S/C16H23NO4/c1-4-20-16(18)11(2)21-15-9-14(19-3)8-5-12(15)10-17-13-6-7-13/h5,8-9,11,13,17H,4,6-7,10H2,1-3H3. The van der Waals surface area contributed by atoms with Gasteiger partial charge in [-0.15, -0.1) is 0 Å². The van der Waals surface area contributed by atoms with Crippen molar-refractivity contribution in [3.8, 4) is 11.5 Å². The maximum Gasteiger partial charge on any atom is 0.347 e. The van der Waals surface area contributed by atoms with Crippen LogP contribution in [-0.2, 0) is 16.1 Å². The Hall–Kier alpha value is -1.75. The molecule has 21 heavy (non-hydrogen) atoms. The molecule has 0 spiro atoms. The van der Waals surface area contributed by atoms with Crippen molar-refractivity contribution in [1.29, 1.82) is 0 Å². The molecule has 1 N–H and O–H groups in total. The van der Waals surface area contributed by atoms with Crippen LogP contribution in [0.1, 0.15) is 32.3 Å². The van der Waals surface area contributed by atoms with Crippen LogP contribution in [0.2, 0.25) is 0 Å². The molecule has 1 aliphatic carbocycles. The van der Waals surface area contributed by atoms with E-state index in [1.165, 1.54) is 12.8 Å². The number of hydrogen-bond acceptors (Lipinski definition) is 5. The quantitative estimate of drug-likeness (QED) is 0.745. The second-order valence-electron chi connectivity index (χ2n) is 5.14. The van der Waals surface area contributed by atoms with Gasteiger partial charge in [-0.1, -0.05) is 6.07 Å². The minimum atomic E-state index is -0.642. The summed E-state index contributed by atoms with van der Waals surface area (Å²) in [6.07, 6.45) is 1.81. The van der Waals surface area contributed by atoms with Crippen LogP contribution in [0, 0.1) is 0 Å². The number of hydrogen-bond donors (Lipinski definition) is 1. The highest BCUT2D eigenvalue weighted by Crippen LogP contribution is 2.27. The third-order valence-electron chi connectivity index (χ3n) is 3.36. The minimum Gasteiger partial charge on any atom is -0.497 e. The average molecular weight is 293 g/mol. The molecule has 1 fully saturated rings. The van der Waals surface area contributed by atoms with Crippen LogP contribution in [0.4, 0.5) is 0 Å². The van der Waals surface area contributed by atoms with E-state index < -0.39 is 6.10 Å². The van der Waals surface area contributed by atoms with E-state index in [2.05, 4.69) is 5.32 Å². The van der Waals surface area contributed by atoms with E-state index in [9.17, 15) is 4.79 Å². The van der Waals surface area contributed by atoms with Gasteiger partial charge in [0, 0.05) is 24.2 Å². The fourth-order valence-electron chi connectivity index (χ4n) is 1.96. The van der Waals surface area contributed by atoms with E-state index in [-0.39, 0.29) is 5.97 Å². The zero-order valence-corrected chi connectivity index (χ0v) is 12.8. The Labute approximate surface area is 125 Å². The molecule has 0 saturated heterocycles. The second kappa shape index (κ2) is 7.31. The Morgan fingerprint density at radius 2 is 2.19 bits per heavy atom. The minimum absolute atomic E-state index is 0.348. The van der Waals surface area contributed by atoms with Crippen molar-refractivity contribution in [1.82, 2.24) is 5.32 Å². The molecule has 1 unspecified atom stereocenters. The summed E-state index contributed by atoms with van der Waals surface area (Å²) in [4.78, 5) is 11.7. The van der Waals surface area contributed by atoms with Gasteiger partial charge in [-0.25, -0.2) is 4.79 Å². The van der Waals surface area contributed by atoms with Gasteiger partial charge in [0.25, 0.3) is 0 Å². The summed E-state index contributed by atoms with van der Waals surface area (Å²) >= 11 is 0. The highest BCUT2D eigenvalue weighted by Gasteiger charge is 2.22. The molecule has 5 nitrogen and oxygen atoms in total. The molecule has 1 saturated carbocycles. The molecule has 0 heterocycles. The first-order valence-electron chi connectivity index (χ1n) is 7.37. The summed E-state index contributed by atoms with van der Waals surface area (Å²) < 4.78 is 16.0. The first kappa shape index (κ1) is 15.6. The number of carbonyl (C=O) groups is 1. The first-order chi connectivity index (χ1) is 10.1. The van der Waals surface area contributed by atoms with Crippen molar-refractivity contribution in [2.24, 2.45) is 0 Å². The number of carbonyl (C=O) groups excluding carboxylic acids is 1. The molecule has 1 aromatic carbocycles. The van der Waals surface area contributed by atoms with Gasteiger partial charge in [0.1, 0.15) is 11.5 Å². The van der Waals surface area contributed by atoms with E-state index in [0.717, 1.165) is 12.1 Å². The van der Waals surface area contributed by atoms with Crippen LogP contribution in [-0.4, -0.2) is 31.8 Å². The first-order valence-corrected chi connectivity index (χ1v) is 7.37. The van der Waals surface area contributed by atoms with Crippen LogP contribution in [0.15, 0.2) is 18.2 Å². The molecule has 0 bridgehead atoms. The second-order valence-corrected chi connectivity index (χ2v) is 5.14. The highest BCUT2D eigenvalue weighted by atomic mass is 16.6. The van der Waals surface area contributed by atoms with Crippen LogP contribution in [0.5, 0.6) is 11.5 Å². The van der Waals surface area contributed by atoms with Crippen molar-refractivity contribution in [3.05, 3.63) is 23.8 Å². The summed E-state index contributed by atoms with van der Waals surface area (Å²) in [6, 6.07) is 6.27. The molecule has 1 aliphatic rings. The highest BCUT2D eigenvalue weighted by molar-refractivity contribution is 5.74. The van der Waals surface area contributed by atoms with E-state index in [0.29, 0.717) is 24.1 Å². The van der Waals surface area contributed by atoms with Gasteiger partial charge in [0.15, 0.2) is 6.10 Å². The number of esters is 1. The van der Waals surface area contributed by atoms with Crippen LogP contribution < -0.4 is 14.8 Å². The Kier molecular flexibility index (Phi) is 5.44.